The van der Waals surface area contributed by atoms with Crippen LogP contribution in [0.1, 0.15) is 81.0 Å². The molecule has 1 aliphatic rings. The van der Waals surface area contributed by atoms with Gasteiger partial charge in [-0.15, -0.1) is 0 Å². The van der Waals surface area contributed by atoms with E-state index in [2.05, 4.69) is 41.9 Å². The molecule has 0 radical (unpaired) electrons. The molecule has 2 amide bonds. The average molecular weight is 1130 g/mol. The number of esters is 1. The standard InChI is InChI=1S/C51H86N10O18/c1-52-33(14-16-41(68)54-22-36(64)44(71)46(73)38(66)26-62)49(76)59-34(15-17-42(69)55-23-37(65)45(72)47(74)39(67)27-63)48(75)53-18-8-4-5-9-19-61-24-29-20-28(12-13-30(29)56-35(51(61)78)21-43(70)79-3)50(77)60(2)25-40-57-31-10-6-7-11-32(31)58-40/h6-7,10-13,20,33-39,42,44-47,49-52,55-56,59,62-67,69,71-74,76-78H,4-5,8-9,14-19,21-27H2,1-3H3,(H,53,75)(H,54,68)(H,57,58)/t33-,34-,35?,36+,37-,38-,39+,42+,44-,45+,46-,47+,49+,50+,51+/m0/s1. The molecule has 448 valence electrons. The lowest BCUT2D eigenvalue weighted by molar-refractivity contribution is -0.142. The van der Waals surface area contributed by atoms with Crippen LogP contribution in [0, 0.1) is 0 Å². The normalized spacial score (nSPS) is 20.0. The number of amides is 2. The monoisotopic (exact) mass is 1130 g/mol. The smallest absolute Gasteiger partial charge is 0.307 e. The molecule has 1 aromatic heterocycles. The van der Waals surface area contributed by atoms with E-state index >= 15 is 0 Å². The zero-order valence-corrected chi connectivity index (χ0v) is 45.0. The first-order valence-corrected chi connectivity index (χ1v) is 26.6. The number of para-hydroxylation sites is 2. The molecular formula is C51H86N10O18. The van der Waals surface area contributed by atoms with E-state index < -0.39 is 136 Å². The van der Waals surface area contributed by atoms with Crippen molar-refractivity contribution in [2.75, 3.05) is 65.9 Å². The number of unbranched alkanes of at least 4 members (excludes halogenated alkanes) is 3. The van der Waals surface area contributed by atoms with Crippen LogP contribution in [0.5, 0.6) is 0 Å². The lowest BCUT2D eigenvalue weighted by atomic mass is 10.0. The Morgan fingerprint density at radius 3 is 2.10 bits per heavy atom. The molecule has 0 spiro atoms. The fourth-order valence-electron chi connectivity index (χ4n) is 9.02. The van der Waals surface area contributed by atoms with E-state index in [0.717, 1.165) is 16.6 Å². The summed E-state index contributed by atoms with van der Waals surface area (Å²) in [5.74, 6) is -1.00. The number of carbonyl (C=O) groups is 3. The molecule has 21 N–H and O–H groups in total. The molecule has 0 saturated carbocycles. The van der Waals surface area contributed by atoms with Crippen molar-refractivity contribution in [1.29, 1.82) is 0 Å². The number of benzene rings is 2. The molecule has 0 bridgehead atoms. The van der Waals surface area contributed by atoms with Crippen LogP contribution < -0.4 is 31.9 Å². The van der Waals surface area contributed by atoms with E-state index in [-0.39, 0.29) is 45.2 Å². The minimum absolute atomic E-state index is 0.0209. The Hall–Kier alpha value is -4.64. The maximum Gasteiger partial charge on any atom is 0.307 e. The summed E-state index contributed by atoms with van der Waals surface area (Å²) < 4.78 is 4.93. The third-order valence-corrected chi connectivity index (χ3v) is 14.0. The van der Waals surface area contributed by atoms with E-state index in [4.69, 9.17) is 14.9 Å². The molecule has 3 aromatic rings. The van der Waals surface area contributed by atoms with E-state index in [1.807, 2.05) is 41.3 Å². The van der Waals surface area contributed by atoms with Crippen molar-refractivity contribution < 1.29 is 90.6 Å². The number of H-pyrrole nitrogens is 1. The van der Waals surface area contributed by atoms with Crippen LogP contribution in [0.25, 0.3) is 11.0 Å². The number of methoxy groups -OCH3 is 1. The highest BCUT2D eigenvalue weighted by atomic mass is 16.5. The minimum Gasteiger partial charge on any atom is -0.469 e. The van der Waals surface area contributed by atoms with Gasteiger partial charge in [0.05, 0.1) is 68.6 Å². The lowest BCUT2D eigenvalue weighted by Gasteiger charge is -2.30. The van der Waals surface area contributed by atoms with Crippen molar-refractivity contribution in [2.24, 2.45) is 0 Å². The summed E-state index contributed by atoms with van der Waals surface area (Å²) in [5.41, 5.74) is 3.80. The lowest BCUT2D eigenvalue weighted by Crippen LogP contribution is -2.55. The van der Waals surface area contributed by atoms with Crippen LogP contribution in [0.2, 0.25) is 0 Å². The van der Waals surface area contributed by atoms with Crippen LogP contribution in [0.3, 0.4) is 0 Å². The van der Waals surface area contributed by atoms with Gasteiger partial charge in [0.25, 0.3) is 0 Å². The number of aromatic nitrogens is 2. The number of likely N-dealkylation sites (N-methyl/N-ethyl adjacent to an activating group) is 1. The molecule has 1 unspecified atom stereocenters. The van der Waals surface area contributed by atoms with Gasteiger partial charge in [-0.25, -0.2) is 4.98 Å². The number of rotatable bonds is 37. The summed E-state index contributed by atoms with van der Waals surface area (Å²) in [6, 6.07) is 10.4. The number of imidazole rings is 1. The fourth-order valence-corrected chi connectivity index (χ4v) is 9.02. The highest BCUT2D eigenvalue weighted by Gasteiger charge is 2.35. The van der Waals surface area contributed by atoms with Crippen LogP contribution >= 0.6 is 0 Å². The number of fused-ring (bicyclic) bond motifs is 2. The molecule has 4 rings (SSSR count). The zero-order chi connectivity index (χ0) is 58.3. The molecule has 2 heterocycles. The topological polar surface area (TPSA) is 451 Å². The Bertz CT molecular complexity index is 2240. The summed E-state index contributed by atoms with van der Waals surface area (Å²) in [4.78, 5) is 50.3. The molecule has 15 atom stereocenters. The highest BCUT2D eigenvalue weighted by Crippen LogP contribution is 2.31. The SMILES string of the molecule is CN[C@@H](CCC(=O)NC[C@@H](O)[C@H](O)[C@@H](O)[C@@H](O)CO)[C@@H](O)N[C@@H](CC[C@@H](O)NC[C@H](O)[C@@H](O)[C@H](O)[C@H](O)CO)C(=O)NCCCCCCN1Cc2cc([C@@H](O)N(C)Cc3nc4ccccc4[nH]3)ccc2NC(CC(=O)OC)[C@H]1O. The summed E-state index contributed by atoms with van der Waals surface area (Å²) in [6.07, 6.45) is -17.5. The van der Waals surface area contributed by atoms with Crippen molar-refractivity contribution in [3.8, 4) is 0 Å². The minimum atomic E-state index is -1.89. The van der Waals surface area contributed by atoms with E-state index in [9.17, 15) is 75.7 Å². The largest absolute Gasteiger partial charge is 0.469 e. The first-order chi connectivity index (χ1) is 37.6. The Labute approximate surface area is 458 Å². The van der Waals surface area contributed by atoms with E-state index in [1.165, 1.54) is 14.2 Å². The molecule has 2 aromatic carbocycles. The van der Waals surface area contributed by atoms with Gasteiger partial charge in [0.1, 0.15) is 67.4 Å². The molecule has 0 fully saturated rings. The number of ether oxygens (including phenoxy) is 1. The summed E-state index contributed by atoms with van der Waals surface area (Å²) in [5, 5.41) is 160. The van der Waals surface area contributed by atoms with E-state index in [1.54, 1.807) is 18.0 Å². The number of anilines is 1. The van der Waals surface area contributed by atoms with Gasteiger partial charge in [0, 0.05) is 50.9 Å². The molecule has 1 aliphatic heterocycles. The predicted octanol–water partition coefficient (Wildman–Crippen LogP) is -5.84. The number of aliphatic hydroxyl groups excluding tert-OH is 14. The Morgan fingerprint density at radius 2 is 1.46 bits per heavy atom. The van der Waals surface area contributed by atoms with Crippen LogP contribution in [-0.2, 0) is 32.2 Å². The van der Waals surface area contributed by atoms with Gasteiger partial charge in [-0.2, -0.15) is 0 Å². The number of aromatic amines is 1. The predicted molar refractivity (Wildman–Crippen MR) is 284 cm³/mol. The number of hydrogen-bond acceptors (Lipinski definition) is 25. The van der Waals surface area contributed by atoms with Gasteiger partial charge in [0.2, 0.25) is 11.8 Å². The van der Waals surface area contributed by atoms with Gasteiger partial charge >= 0.3 is 5.97 Å². The number of hydrogen-bond donors (Lipinski definition) is 21. The quantitative estimate of drug-likeness (QED) is 0.0145. The van der Waals surface area contributed by atoms with Crippen molar-refractivity contribution in [3.05, 3.63) is 59.4 Å². The zero-order valence-electron chi connectivity index (χ0n) is 45.0. The van der Waals surface area contributed by atoms with Gasteiger partial charge in [0.15, 0.2) is 0 Å². The molecule has 0 saturated heterocycles. The Morgan fingerprint density at radius 1 is 0.810 bits per heavy atom. The highest BCUT2D eigenvalue weighted by molar-refractivity contribution is 5.81. The summed E-state index contributed by atoms with van der Waals surface area (Å²) in [7, 11) is 4.55. The molecule has 28 heteroatoms. The molecule has 79 heavy (non-hydrogen) atoms. The first kappa shape index (κ1) is 66.9. The average Bonchev–Trinajstić information content (AvgIpc) is 3.88. The van der Waals surface area contributed by atoms with Crippen LogP contribution in [0.4, 0.5) is 5.69 Å². The van der Waals surface area contributed by atoms with Crippen molar-refractivity contribution in [1.82, 2.24) is 46.4 Å². The van der Waals surface area contributed by atoms with Crippen LogP contribution in [-0.4, -0.2) is 255 Å². The van der Waals surface area contributed by atoms with Gasteiger partial charge in [-0.05, 0) is 81.6 Å². The summed E-state index contributed by atoms with van der Waals surface area (Å²) in [6.45, 7) is -1.51. The maximum atomic E-state index is 13.7. The van der Waals surface area contributed by atoms with Gasteiger partial charge in [-0.3, -0.25) is 34.8 Å². The van der Waals surface area contributed by atoms with Crippen LogP contribution in [0.15, 0.2) is 42.5 Å². The fraction of sp³-hybridized carbons (Fsp3) is 0.686. The maximum absolute atomic E-state index is 13.7. The molecule has 28 nitrogen and oxygen atoms in total. The van der Waals surface area contributed by atoms with Gasteiger partial charge in [-0.1, -0.05) is 31.0 Å². The van der Waals surface area contributed by atoms with E-state index in [0.29, 0.717) is 55.8 Å². The third kappa shape index (κ3) is 21.0. The Balaban J connectivity index is 1.34. The second kappa shape index (κ2) is 34.0. The second-order valence-corrected chi connectivity index (χ2v) is 20.0. The number of nitrogens with one attached hydrogen (secondary N) is 7. The first-order valence-electron chi connectivity index (χ1n) is 26.6. The van der Waals surface area contributed by atoms with Gasteiger partial charge < -0.3 is 102 Å². The third-order valence-electron chi connectivity index (χ3n) is 14.0. The second-order valence-electron chi connectivity index (χ2n) is 20.0. The van der Waals surface area contributed by atoms with Crippen molar-refractivity contribution >= 4 is 34.5 Å². The molecule has 0 aliphatic carbocycles. The number of nitrogens with zero attached hydrogens (tertiary/aromatic N) is 3. The Kier molecular flexibility index (Phi) is 28.7. The van der Waals surface area contributed by atoms with Crippen molar-refractivity contribution in [2.45, 2.75) is 163 Å². The summed E-state index contributed by atoms with van der Waals surface area (Å²) >= 11 is 0. The van der Waals surface area contributed by atoms with Crippen molar-refractivity contribution in [3.63, 3.8) is 0 Å². The molecular weight excluding hydrogens is 1040 g/mol. The number of carbonyl (C=O) groups excluding carboxylic acids is 3. The number of aliphatic hydroxyl groups is 14.